The summed E-state index contributed by atoms with van der Waals surface area (Å²) in [5.74, 6) is 1.58. The summed E-state index contributed by atoms with van der Waals surface area (Å²) in [7, 11) is 0. The summed E-state index contributed by atoms with van der Waals surface area (Å²) >= 11 is 5.82. The highest BCUT2D eigenvalue weighted by atomic mass is 35.5. The van der Waals surface area contributed by atoms with Gasteiger partial charge in [-0.1, -0.05) is 28.9 Å². The van der Waals surface area contributed by atoms with Crippen LogP contribution in [0.15, 0.2) is 53.1 Å². The van der Waals surface area contributed by atoms with Gasteiger partial charge in [-0.3, -0.25) is 4.79 Å². The lowest BCUT2D eigenvalue weighted by atomic mass is 10.1. The van der Waals surface area contributed by atoms with Gasteiger partial charge in [-0.2, -0.15) is 0 Å². The second-order valence-corrected chi connectivity index (χ2v) is 6.15. The second-order valence-electron chi connectivity index (χ2n) is 5.71. The average Bonchev–Trinajstić information content (AvgIpc) is 3.30. The lowest BCUT2D eigenvalue weighted by Crippen LogP contribution is -2.08. The van der Waals surface area contributed by atoms with Crippen molar-refractivity contribution in [2.45, 2.75) is 13.0 Å². The molecular formula is C19H14ClNO5. The van der Waals surface area contributed by atoms with Crippen LogP contribution in [0.3, 0.4) is 0 Å². The zero-order chi connectivity index (χ0) is 17.9. The number of benzene rings is 2. The summed E-state index contributed by atoms with van der Waals surface area (Å²) in [4.78, 5) is 11.9. The van der Waals surface area contributed by atoms with Crippen molar-refractivity contribution in [3.05, 3.63) is 64.8 Å². The fourth-order valence-electron chi connectivity index (χ4n) is 2.54. The normalized spacial score (nSPS) is 12.2. The number of esters is 1. The minimum absolute atomic E-state index is 0.0421. The molecule has 0 spiro atoms. The number of nitrogens with zero attached hydrogens (tertiary/aromatic N) is 1. The van der Waals surface area contributed by atoms with E-state index in [1.165, 1.54) is 0 Å². The Bertz CT molecular complexity index is 935. The Balaban J connectivity index is 1.36. The topological polar surface area (TPSA) is 70.8 Å². The van der Waals surface area contributed by atoms with Crippen molar-refractivity contribution in [1.29, 1.82) is 0 Å². The Morgan fingerprint density at radius 2 is 1.88 bits per heavy atom. The molecule has 0 atom stereocenters. The Morgan fingerprint density at radius 1 is 1.08 bits per heavy atom. The monoisotopic (exact) mass is 371 g/mol. The highest BCUT2D eigenvalue weighted by Gasteiger charge is 2.16. The molecule has 1 aliphatic rings. The van der Waals surface area contributed by atoms with E-state index in [2.05, 4.69) is 5.16 Å². The van der Waals surface area contributed by atoms with Crippen LogP contribution in [0.4, 0.5) is 0 Å². The fraction of sp³-hybridized carbons (Fsp3) is 0.158. The molecule has 1 aromatic heterocycles. The zero-order valence-corrected chi connectivity index (χ0v) is 14.4. The third-order valence-corrected chi connectivity index (χ3v) is 4.11. The van der Waals surface area contributed by atoms with E-state index in [1.807, 2.05) is 18.2 Å². The van der Waals surface area contributed by atoms with Crippen molar-refractivity contribution in [3.63, 3.8) is 0 Å². The quantitative estimate of drug-likeness (QED) is 0.631. The fourth-order valence-corrected chi connectivity index (χ4v) is 2.67. The predicted octanol–water partition coefficient (Wildman–Crippen LogP) is 4.01. The maximum Gasteiger partial charge on any atom is 0.310 e. The third-order valence-electron chi connectivity index (χ3n) is 3.86. The molecule has 0 unspecified atom stereocenters. The van der Waals surface area contributed by atoms with Gasteiger partial charge in [0.1, 0.15) is 12.3 Å². The first-order chi connectivity index (χ1) is 12.7. The number of fused-ring (bicyclic) bond motifs is 1. The van der Waals surface area contributed by atoms with Gasteiger partial charge in [0, 0.05) is 16.7 Å². The SMILES string of the molecule is O=C(Cc1ccc(Cl)cc1)OCc1cc(-c2ccc3c(c2)OCO3)on1. The van der Waals surface area contributed by atoms with Gasteiger partial charge in [-0.05, 0) is 35.9 Å². The maximum absolute atomic E-state index is 11.9. The van der Waals surface area contributed by atoms with Crippen molar-refractivity contribution in [2.75, 3.05) is 6.79 Å². The second kappa shape index (κ2) is 7.09. The smallest absolute Gasteiger partial charge is 0.310 e. The molecule has 2 aromatic carbocycles. The molecule has 0 saturated heterocycles. The molecular weight excluding hydrogens is 358 g/mol. The molecule has 0 N–H and O–H groups in total. The molecule has 132 valence electrons. The number of halogens is 1. The zero-order valence-electron chi connectivity index (χ0n) is 13.6. The molecule has 0 fully saturated rings. The predicted molar refractivity (Wildman–Crippen MR) is 93.0 cm³/mol. The van der Waals surface area contributed by atoms with Crippen molar-refractivity contribution in [1.82, 2.24) is 5.16 Å². The molecule has 7 heteroatoms. The van der Waals surface area contributed by atoms with E-state index in [-0.39, 0.29) is 25.8 Å². The first-order valence-corrected chi connectivity index (χ1v) is 8.31. The molecule has 6 nitrogen and oxygen atoms in total. The highest BCUT2D eigenvalue weighted by molar-refractivity contribution is 6.30. The summed E-state index contributed by atoms with van der Waals surface area (Å²) in [5, 5.41) is 4.56. The summed E-state index contributed by atoms with van der Waals surface area (Å²) in [6.07, 6.45) is 0.171. The Hall–Kier alpha value is -2.99. The van der Waals surface area contributed by atoms with Gasteiger partial charge in [0.2, 0.25) is 6.79 Å². The first kappa shape index (κ1) is 16.5. The Morgan fingerprint density at radius 3 is 2.73 bits per heavy atom. The lowest BCUT2D eigenvalue weighted by Gasteiger charge is -2.02. The van der Waals surface area contributed by atoms with Gasteiger partial charge in [0.15, 0.2) is 17.3 Å². The van der Waals surface area contributed by atoms with Crippen molar-refractivity contribution >= 4 is 17.6 Å². The van der Waals surface area contributed by atoms with Crippen LogP contribution in [0.5, 0.6) is 11.5 Å². The van der Waals surface area contributed by atoms with E-state index in [9.17, 15) is 4.79 Å². The molecule has 0 bridgehead atoms. The minimum Gasteiger partial charge on any atom is -0.459 e. The number of ether oxygens (including phenoxy) is 3. The van der Waals surface area contributed by atoms with Gasteiger partial charge in [0.05, 0.1) is 6.42 Å². The summed E-state index contributed by atoms with van der Waals surface area (Å²) in [6, 6.07) is 14.3. The Kier molecular flexibility index (Phi) is 4.50. The van der Waals surface area contributed by atoms with Gasteiger partial charge in [-0.15, -0.1) is 0 Å². The van der Waals surface area contributed by atoms with Crippen molar-refractivity contribution in [2.24, 2.45) is 0 Å². The lowest BCUT2D eigenvalue weighted by molar-refractivity contribution is -0.144. The number of hydrogen-bond donors (Lipinski definition) is 0. The molecule has 0 aliphatic carbocycles. The van der Waals surface area contributed by atoms with Gasteiger partial charge in [0.25, 0.3) is 0 Å². The molecule has 0 radical (unpaired) electrons. The van der Waals surface area contributed by atoms with Crippen LogP contribution in [0.1, 0.15) is 11.3 Å². The number of carbonyl (C=O) groups is 1. The van der Waals surface area contributed by atoms with E-state index in [0.717, 1.165) is 11.1 Å². The maximum atomic E-state index is 11.9. The van der Waals surface area contributed by atoms with Crippen LogP contribution >= 0.6 is 11.6 Å². The van der Waals surface area contributed by atoms with Crippen molar-refractivity contribution in [3.8, 4) is 22.8 Å². The van der Waals surface area contributed by atoms with Crippen LogP contribution in [-0.2, 0) is 22.6 Å². The van der Waals surface area contributed by atoms with Crippen LogP contribution < -0.4 is 9.47 Å². The summed E-state index contributed by atoms with van der Waals surface area (Å²) < 4.78 is 21.2. The third kappa shape index (κ3) is 3.65. The van der Waals surface area contributed by atoms with Crippen LogP contribution in [-0.4, -0.2) is 17.9 Å². The molecule has 0 saturated carbocycles. The molecule has 0 amide bonds. The van der Waals surface area contributed by atoms with Crippen LogP contribution in [0.25, 0.3) is 11.3 Å². The average molecular weight is 372 g/mol. The highest BCUT2D eigenvalue weighted by Crippen LogP contribution is 2.36. The molecule has 1 aliphatic heterocycles. The van der Waals surface area contributed by atoms with E-state index >= 15 is 0 Å². The van der Waals surface area contributed by atoms with E-state index in [1.54, 1.807) is 30.3 Å². The van der Waals surface area contributed by atoms with Gasteiger partial charge in [-0.25, -0.2) is 0 Å². The van der Waals surface area contributed by atoms with E-state index in [4.69, 9.17) is 30.3 Å². The molecule has 2 heterocycles. The summed E-state index contributed by atoms with van der Waals surface area (Å²) in [6.45, 7) is 0.254. The van der Waals surface area contributed by atoms with E-state index < -0.39 is 0 Å². The number of rotatable bonds is 5. The largest absolute Gasteiger partial charge is 0.459 e. The standard InChI is InChI=1S/C19H14ClNO5/c20-14-4-1-12(2-5-14)7-19(22)23-10-15-9-17(26-21-15)13-3-6-16-18(8-13)25-11-24-16/h1-6,8-9H,7,10-11H2. The van der Waals surface area contributed by atoms with Gasteiger partial charge >= 0.3 is 5.97 Å². The number of aromatic nitrogens is 1. The molecule has 3 aromatic rings. The van der Waals surface area contributed by atoms with Gasteiger partial charge < -0.3 is 18.7 Å². The summed E-state index contributed by atoms with van der Waals surface area (Å²) in [5.41, 5.74) is 2.17. The van der Waals surface area contributed by atoms with E-state index in [0.29, 0.717) is 28.0 Å². The number of carbonyl (C=O) groups excluding carboxylic acids is 1. The van der Waals surface area contributed by atoms with Crippen LogP contribution in [0.2, 0.25) is 5.02 Å². The molecule has 26 heavy (non-hydrogen) atoms. The van der Waals surface area contributed by atoms with Crippen LogP contribution in [0, 0.1) is 0 Å². The Labute approximate surface area is 154 Å². The van der Waals surface area contributed by atoms with Crippen molar-refractivity contribution < 1.29 is 23.5 Å². The first-order valence-electron chi connectivity index (χ1n) is 7.93. The minimum atomic E-state index is -0.347. The number of hydrogen-bond acceptors (Lipinski definition) is 6. The molecule has 4 rings (SSSR count).